The zero-order chi connectivity index (χ0) is 15.3. The molecule has 112 valence electrons. The van der Waals surface area contributed by atoms with Gasteiger partial charge in [-0.1, -0.05) is 0 Å². The number of hydrogen-bond acceptors (Lipinski definition) is 5. The van der Waals surface area contributed by atoms with Crippen molar-refractivity contribution < 1.29 is 18.0 Å². The summed E-state index contributed by atoms with van der Waals surface area (Å²) in [6, 6.07) is 1.18. The van der Waals surface area contributed by atoms with Crippen molar-refractivity contribution in [1.82, 2.24) is 15.3 Å². The van der Waals surface area contributed by atoms with Crippen LogP contribution in [0.1, 0.15) is 26.1 Å². The van der Waals surface area contributed by atoms with Gasteiger partial charge in [-0.25, -0.2) is 9.97 Å². The molecule has 0 aromatic carbocycles. The van der Waals surface area contributed by atoms with Gasteiger partial charge in [-0.15, -0.1) is 0 Å². The number of amides is 1. The highest BCUT2D eigenvalue weighted by Gasteiger charge is 2.35. The fourth-order valence-electron chi connectivity index (χ4n) is 1.38. The van der Waals surface area contributed by atoms with E-state index in [4.69, 9.17) is 5.73 Å². The van der Waals surface area contributed by atoms with Gasteiger partial charge in [-0.2, -0.15) is 13.2 Å². The quantitative estimate of drug-likeness (QED) is 0.762. The number of halogens is 3. The fourth-order valence-corrected chi connectivity index (χ4v) is 1.38. The molecule has 4 N–H and O–H groups in total. The molecule has 0 unspecified atom stereocenters. The summed E-state index contributed by atoms with van der Waals surface area (Å²) in [6.07, 6.45) is -4.55. The van der Waals surface area contributed by atoms with Crippen molar-refractivity contribution in [1.29, 1.82) is 0 Å². The van der Waals surface area contributed by atoms with Crippen molar-refractivity contribution in [3.8, 4) is 0 Å². The third-order valence-electron chi connectivity index (χ3n) is 2.11. The van der Waals surface area contributed by atoms with E-state index < -0.39 is 12.0 Å². The van der Waals surface area contributed by atoms with Crippen LogP contribution in [0, 0.1) is 0 Å². The molecular formula is C11H16F3N5O. The van der Waals surface area contributed by atoms with Crippen molar-refractivity contribution in [3.63, 3.8) is 0 Å². The zero-order valence-corrected chi connectivity index (χ0v) is 11.1. The number of carbonyl (C=O) groups is 1. The summed E-state index contributed by atoms with van der Waals surface area (Å²) in [5, 5.41) is 5.27. The maximum absolute atomic E-state index is 12.5. The molecule has 0 aliphatic carbocycles. The number of aromatic nitrogens is 2. The zero-order valence-electron chi connectivity index (χ0n) is 11.1. The number of rotatable bonds is 5. The smallest absolute Gasteiger partial charge is 0.384 e. The summed E-state index contributed by atoms with van der Waals surface area (Å²) < 4.78 is 37.4. The maximum Gasteiger partial charge on any atom is 0.451 e. The van der Waals surface area contributed by atoms with Crippen LogP contribution in [0.15, 0.2) is 6.07 Å². The van der Waals surface area contributed by atoms with Crippen LogP contribution in [0.3, 0.4) is 0 Å². The lowest BCUT2D eigenvalue weighted by Gasteiger charge is -2.11. The Balaban J connectivity index is 2.61. The SMILES string of the molecule is CC(C)NC(=O)CCNc1cc(N)nc(C(F)(F)F)n1. The Morgan fingerprint density at radius 2 is 2.05 bits per heavy atom. The van der Waals surface area contributed by atoms with Gasteiger partial charge in [0.05, 0.1) is 0 Å². The molecule has 0 fully saturated rings. The first kappa shape index (κ1) is 16.0. The van der Waals surface area contributed by atoms with Crippen LogP contribution in [0.25, 0.3) is 0 Å². The molecule has 0 atom stereocenters. The van der Waals surface area contributed by atoms with Gasteiger partial charge in [0.25, 0.3) is 0 Å². The Bertz CT molecular complexity index is 476. The van der Waals surface area contributed by atoms with E-state index in [2.05, 4.69) is 20.6 Å². The number of anilines is 2. The van der Waals surface area contributed by atoms with Crippen LogP contribution in [0.5, 0.6) is 0 Å². The topological polar surface area (TPSA) is 92.9 Å². The molecule has 0 saturated heterocycles. The molecule has 1 rings (SSSR count). The highest BCUT2D eigenvalue weighted by atomic mass is 19.4. The first-order valence-electron chi connectivity index (χ1n) is 5.93. The summed E-state index contributed by atoms with van der Waals surface area (Å²) in [5.74, 6) is -1.87. The van der Waals surface area contributed by atoms with Gasteiger partial charge in [-0.3, -0.25) is 4.79 Å². The standard InChI is InChI=1S/C11H16F3N5O/c1-6(2)17-9(20)3-4-16-8-5-7(15)18-10(19-8)11(12,13)14/h5-6H,3-4H2,1-2H3,(H,17,20)(H3,15,16,18,19). The van der Waals surface area contributed by atoms with E-state index in [1.165, 1.54) is 6.07 Å². The Labute approximate surface area is 114 Å². The van der Waals surface area contributed by atoms with Gasteiger partial charge in [0.15, 0.2) is 0 Å². The van der Waals surface area contributed by atoms with Gasteiger partial charge in [-0.05, 0) is 13.8 Å². The molecule has 1 amide bonds. The molecule has 0 aliphatic heterocycles. The Morgan fingerprint density at radius 1 is 1.40 bits per heavy atom. The van der Waals surface area contributed by atoms with Crippen LogP contribution < -0.4 is 16.4 Å². The number of nitrogens with zero attached hydrogens (tertiary/aromatic N) is 2. The molecule has 9 heteroatoms. The molecule has 0 saturated carbocycles. The molecule has 1 heterocycles. The van der Waals surface area contributed by atoms with Crippen LogP contribution >= 0.6 is 0 Å². The lowest BCUT2D eigenvalue weighted by Crippen LogP contribution is -2.31. The van der Waals surface area contributed by atoms with Crippen LogP contribution in [0.2, 0.25) is 0 Å². The number of hydrogen-bond donors (Lipinski definition) is 3. The number of alkyl halides is 3. The van der Waals surface area contributed by atoms with Gasteiger partial charge in [0, 0.05) is 25.1 Å². The lowest BCUT2D eigenvalue weighted by molar-refractivity contribution is -0.144. The van der Waals surface area contributed by atoms with Crippen LogP contribution in [-0.2, 0) is 11.0 Å². The predicted molar refractivity (Wildman–Crippen MR) is 67.8 cm³/mol. The second kappa shape index (κ2) is 6.40. The summed E-state index contributed by atoms with van der Waals surface area (Å²) in [4.78, 5) is 17.8. The Morgan fingerprint density at radius 3 is 2.60 bits per heavy atom. The molecule has 0 aliphatic rings. The summed E-state index contributed by atoms with van der Waals surface area (Å²) in [6.45, 7) is 3.77. The molecule has 6 nitrogen and oxygen atoms in total. The van der Waals surface area contributed by atoms with Gasteiger partial charge < -0.3 is 16.4 Å². The highest BCUT2D eigenvalue weighted by Crippen LogP contribution is 2.27. The minimum absolute atomic E-state index is 0.00836. The van der Waals surface area contributed by atoms with E-state index in [9.17, 15) is 18.0 Å². The molecule has 20 heavy (non-hydrogen) atoms. The van der Waals surface area contributed by atoms with Gasteiger partial charge in [0.2, 0.25) is 11.7 Å². The van der Waals surface area contributed by atoms with E-state index >= 15 is 0 Å². The van der Waals surface area contributed by atoms with Gasteiger partial charge >= 0.3 is 6.18 Å². The average molecular weight is 291 g/mol. The fraction of sp³-hybridized carbons (Fsp3) is 0.545. The maximum atomic E-state index is 12.5. The normalized spacial score (nSPS) is 11.5. The number of nitrogens with one attached hydrogen (secondary N) is 2. The monoisotopic (exact) mass is 291 g/mol. The molecular weight excluding hydrogens is 275 g/mol. The molecule has 0 radical (unpaired) electrons. The molecule has 1 aromatic heterocycles. The second-order valence-corrected chi connectivity index (χ2v) is 4.40. The number of nitrogen functional groups attached to an aromatic ring is 1. The largest absolute Gasteiger partial charge is 0.451 e. The van der Waals surface area contributed by atoms with Crippen molar-refractivity contribution >= 4 is 17.5 Å². The molecule has 1 aromatic rings. The average Bonchev–Trinajstić information content (AvgIpc) is 2.25. The Kier molecular flexibility index (Phi) is 5.12. The number of nitrogens with two attached hydrogens (primary N) is 1. The second-order valence-electron chi connectivity index (χ2n) is 4.40. The van der Waals surface area contributed by atoms with Crippen LogP contribution in [-0.4, -0.2) is 28.5 Å². The first-order valence-corrected chi connectivity index (χ1v) is 5.93. The summed E-state index contributed by atoms with van der Waals surface area (Å²) >= 11 is 0. The van der Waals surface area contributed by atoms with E-state index in [1.807, 2.05) is 13.8 Å². The number of carbonyl (C=O) groups excluding carboxylic acids is 1. The summed E-state index contributed by atoms with van der Waals surface area (Å²) in [5.41, 5.74) is 5.28. The van der Waals surface area contributed by atoms with Crippen molar-refractivity contribution in [2.75, 3.05) is 17.6 Å². The molecule has 0 bridgehead atoms. The highest BCUT2D eigenvalue weighted by molar-refractivity contribution is 5.76. The van der Waals surface area contributed by atoms with E-state index in [0.29, 0.717) is 0 Å². The minimum atomic E-state index is -4.67. The lowest BCUT2D eigenvalue weighted by atomic mass is 10.3. The van der Waals surface area contributed by atoms with Crippen molar-refractivity contribution in [2.45, 2.75) is 32.5 Å². The van der Waals surface area contributed by atoms with E-state index in [0.717, 1.165) is 0 Å². The van der Waals surface area contributed by atoms with E-state index in [1.54, 1.807) is 0 Å². The van der Waals surface area contributed by atoms with Crippen molar-refractivity contribution in [3.05, 3.63) is 11.9 Å². The van der Waals surface area contributed by atoms with Crippen LogP contribution in [0.4, 0.5) is 24.8 Å². The summed E-state index contributed by atoms with van der Waals surface area (Å²) in [7, 11) is 0. The molecule has 0 spiro atoms. The first-order chi connectivity index (χ1) is 9.18. The minimum Gasteiger partial charge on any atom is -0.384 e. The Hall–Kier alpha value is -2.06. The van der Waals surface area contributed by atoms with Gasteiger partial charge in [0.1, 0.15) is 11.6 Å². The third kappa shape index (κ3) is 5.29. The van der Waals surface area contributed by atoms with E-state index in [-0.39, 0.29) is 36.6 Å². The van der Waals surface area contributed by atoms with Crippen molar-refractivity contribution in [2.24, 2.45) is 0 Å². The third-order valence-corrected chi connectivity index (χ3v) is 2.11. The predicted octanol–water partition coefficient (Wildman–Crippen LogP) is 1.40.